The minimum Gasteiger partial charge on any atom is -0.430 e. The second kappa shape index (κ2) is 13.2. The van der Waals surface area contributed by atoms with E-state index in [0.29, 0.717) is 26.6 Å². The number of carbonyl (C=O) groups is 3. The van der Waals surface area contributed by atoms with Crippen LogP contribution in [-0.2, 0) is 19.0 Å². The summed E-state index contributed by atoms with van der Waals surface area (Å²) in [5.41, 5.74) is 5.49. The fourth-order valence-corrected chi connectivity index (χ4v) is 3.26. The van der Waals surface area contributed by atoms with Gasteiger partial charge >= 0.3 is 12.2 Å². The second-order valence-corrected chi connectivity index (χ2v) is 7.35. The van der Waals surface area contributed by atoms with Gasteiger partial charge in [0.15, 0.2) is 0 Å². The molecule has 0 spiro atoms. The molecular formula is C19H34N4O6. The molecule has 10 heteroatoms. The van der Waals surface area contributed by atoms with E-state index >= 15 is 0 Å². The van der Waals surface area contributed by atoms with E-state index in [-0.39, 0.29) is 18.5 Å². The maximum absolute atomic E-state index is 12.5. The smallest absolute Gasteiger partial charge is 0.430 e. The zero-order valence-corrected chi connectivity index (χ0v) is 17.1. The van der Waals surface area contributed by atoms with E-state index in [1.54, 1.807) is 9.80 Å². The number of ether oxygens (including phenoxy) is 3. The zero-order valence-electron chi connectivity index (χ0n) is 17.1. The molecule has 2 aliphatic rings. The largest absolute Gasteiger partial charge is 0.509 e. The quantitative estimate of drug-likeness (QED) is 0.325. The third-order valence-electron chi connectivity index (χ3n) is 4.95. The molecule has 0 bridgehead atoms. The molecule has 3 amide bonds. The summed E-state index contributed by atoms with van der Waals surface area (Å²) in [7, 11) is 0. The molecule has 3 N–H and O–H groups in total. The molecule has 2 fully saturated rings. The number of urea groups is 1. The lowest BCUT2D eigenvalue weighted by atomic mass is 10.2. The van der Waals surface area contributed by atoms with Crippen molar-refractivity contribution in [2.45, 2.75) is 57.5 Å². The van der Waals surface area contributed by atoms with Crippen LogP contribution in [0.5, 0.6) is 0 Å². The predicted molar refractivity (Wildman–Crippen MR) is 105 cm³/mol. The van der Waals surface area contributed by atoms with Crippen molar-refractivity contribution in [1.82, 2.24) is 15.1 Å². The topological polar surface area (TPSA) is 123 Å². The third-order valence-corrected chi connectivity index (χ3v) is 4.95. The average Bonchev–Trinajstić information content (AvgIpc) is 3.15. The highest BCUT2D eigenvalue weighted by Crippen LogP contribution is 2.12. The number of cyclic esters (lactones) is 2. The van der Waals surface area contributed by atoms with Crippen LogP contribution >= 0.6 is 0 Å². The molecule has 0 aromatic carbocycles. The first-order valence-corrected chi connectivity index (χ1v) is 10.5. The van der Waals surface area contributed by atoms with Crippen LogP contribution in [0.2, 0.25) is 0 Å². The average molecular weight is 415 g/mol. The van der Waals surface area contributed by atoms with Gasteiger partial charge in [-0.1, -0.05) is 25.7 Å². The molecule has 0 saturated carbocycles. The van der Waals surface area contributed by atoms with Crippen molar-refractivity contribution in [2.75, 3.05) is 46.2 Å². The monoisotopic (exact) mass is 414 g/mol. The van der Waals surface area contributed by atoms with E-state index in [0.717, 1.165) is 64.5 Å². The van der Waals surface area contributed by atoms with Crippen LogP contribution in [0.1, 0.15) is 51.4 Å². The Morgan fingerprint density at radius 2 is 1.59 bits per heavy atom. The van der Waals surface area contributed by atoms with Crippen LogP contribution < -0.4 is 11.1 Å². The lowest BCUT2D eigenvalue weighted by molar-refractivity contribution is -0.127. The molecule has 1 atom stereocenters. The lowest BCUT2D eigenvalue weighted by Crippen LogP contribution is -2.50. The van der Waals surface area contributed by atoms with E-state index in [9.17, 15) is 14.4 Å². The van der Waals surface area contributed by atoms with Crippen molar-refractivity contribution in [3.63, 3.8) is 0 Å². The molecule has 10 nitrogen and oxygen atoms in total. The molecule has 0 aromatic rings. The highest BCUT2D eigenvalue weighted by Gasteiger charge is 2.31. The second-order valence-electron chi connectivity index (χ2n) is 7.35. The number of rotatable bonds is 14. The van der Waals surface area contributed by atoms with Crippen LogP contribution in [0.4, 0.5) is 9.59 Å². The van der Waals surface area contributed by atoms with Crippen molar-refractivity contribution in [3.8, 4) is 0 Å². The summed E-state index contributed by atoms with van der Waals surface area (Å²) in [6.45, 7) is 3.33. The van der Waals surface area contributed by atoms with Gasteiger partial charge in [0.1, 0.15) is 20.1 Å². The van der Waals surface area contributed by atoms with Gasteiger partial charge in [-0.15, -0.1) is 0 Å². The Hall–Kier alpha value is -2.07. The minimum atomic E-state index is -0.837. The summed E-state index contributed by atoms with van der Waals surface area (Å²) in [5.74, 6) is -0.324. The molecule has 2 aliphatic heterocycles. The number of nitrogens with one attached hydrogen (secondary N) is 1. The van der Waals surface area contributed by atoms with Crippen molar-refractivity contribution in [2.24, 2.45) is 5.73 Å². The van der Waals surface area contributed by atoms with E-state index in [4.69, 9.17) is 15.2 Å². The van der Waals surface area contributed by atoms with Crippen LogP contribution in [0.25, 0.3) is 0 Å². The van der Waals surface area contributed by atoms with Crippen LogP contribution in [0.3, 0.4) is 0 Å². The number of hydrogen-bond acceptors (Lipinski definition) is 7. The van der Waals surface area contributed by atoms with Crippen molar-refractivity contribution < 1.29 is 28.6 Å². The standard InChI is InChI=1S/C19H34N4O6/c20-9-5-1-3-7-11-22-14-27-15-23(18(22)25)12-8-4-2-6-10-21-17(24)16-13-28-19(26)29-16/h16H,1-15,20H2,(H,21,24). The number of carbonyl (C=O) groups excluding carboxylic acids is 3. The Bertz CT molecular complexity index is 533. The SMILES string of the molecule is NCCCCCCN1COCN(CCCCCCNC(=O)C2COC(=O)O2)C1=O. The van der Waals surface area contributed by atoms with Crippen LogP contribution in [0, 0.1) is 0 Å². The number of nitrogens with zero attached hydrogens (tertiary/aromatic N) is 2. The highest BCUT2D eigenvalue weighted by molar-refractivity contribution is 5.84. The third kappa shape index (κ3) is 8.45. The Balaban J connectivity index is 1.49. The molecule has 166 valence electrons. The van der Waals surface area contributed by atoms with Crippen LogP contribution in [-0.4, -0.2) is 80.2 Å². The van der Waals surface area contributed by atoms with Crippen molar-refractivity contribution in [1.29, 1.82) is 0 Å². The summed E-state index contributed by atoms with van der Waals surface area (Å²) in [6, 6.07) is 0.0515. The van der Waals surface area contributed by atoms with E-state index in [1.807, 2.05) is 0 Å². The summed E-state index contributed by atoms with van der Waals surface area (Å²) in [4.78, 5) is 38.6. The first kappa shape index (κ1) is 23.2. The van der Waals surface area contributed by atoms with Gasteiger partial charge in [0.05, 0.1) is 0 Å². The maximum atomic E-state index is 12.5. The van der Waals surface area contributed by atoms with Gasteiger partial charge in [-0.3, -0.25) is 4.79 Å². The van der Waals surface area contributed by atoms with Gasteiger partial charge in [-0.2, -0.15) is 0 Å². The maximum Gasteiger partial charge on any atom is 0.509 e. The van der Waals surface area contributed by atoms with Gasteiger partial charge in [-0.05, 0) is 32.2 Å². The molecule has 0 aliphatic carbocycles. The van der Waals surface area contributed by atoms with Gasteiger partial charge in [0.25, 0.3) is 5.91 Å². The molecular weight excluding hydrogens is 380 g/mol. The van der Waals surface area contributed by atoms with Crippen molar-refractivity contribution in [3.05, 3.63) is 0 Å². The van der Waals surface area contributed by atoms with Gasteiger partial charge in [0, 0.05) is 19.6 Å². The Morgan fingerprint density at radius 3 is 2.17 bits per heavy atom. The molecule has 2 saturated heterocycles. The van der Waals surface area contributed by atoms with E-state index in [1.165, 1.54) is 0 Å². The minimum absolute atomic E-state index is 0.0265. The number of amides is 3. The first-order chi connectivity index (χ1) is 14.1. The normalized spacial score (nSPS) is 19.3. The Morgan fingerprint density at radius 1 is 0.966 bits per heavy atom. The van der Waals surface area contributed by atoms with Gasteiger partial charge in [-0.25, -0.2) is 9.59 Å². The molecule has 2 heterocycles. The van der Waals surface area contributed by atoms with Crippen LogP contribution in [0.15, 0.2) is 0 Å². The Kier molecular flexibility index (Phi) is 10.6. The van der Waals surface area contributed by atoms with E-state index < -0.39 is 12.3 Å². The number of unbranched alkanes of at least 4 members (excludes halogenated alkanes) is 6. The molecule has 2 rings (SSSR count). The van der Waals surface area contributed by atoms with Gasteiger partial charge in [0.2, 0.25) is 6.10 Å². The number of hydrogen-bond donors (Lipinski definition) is 2. The van der Waals surface area contributed by atoms with Crippen molar-refractivity contribution >= 4 is 18.1 Å². The predicted octanol–water partition coefficient (Wildman–Crippen LogP) is 1.39. The summed E-state index contributed by atoms with van der Waals surface area (Å²) >= 11 is 0. The fraction of sp³-hybridized carbons (Fsp3) is 0.842. The van der Waals surface area contributed by atoms with E-state index in [2.05, 4.69) is 10.1 Å². The first-order valence-electron chi connectivity index (χ1n) is 10.5. The highest BCUT2D eigenvalue weighted by atomic mass is 16.8. The molecule has 0 radical (unpaired) electrons. The van der Waals surface area contributed by atoms with Gasteiger partial charge < -0.3 is 35.1 Å². The molecule has 29 heavy (non-hydrogen) atoms. The fourth-order valence-electron chi connectivity index (χ4n) is 3.26. The lowest BCUT2D eigenvalue weighted by Gasteiger charge is -2.35. The molecule has 1 unspecified atom stereocenters. The summed E-state index contributed by atoms with van der Waals surface area (Å²) in [5, 5.41) is 2.74. The number of nitrogens with two attached hydrogens (primary N) is 1. The summed E-state index contributed by atoms with van der Waals surface area (Å²) in [6.07, 6.45) is 6.16. The Labute approximate surface area is 172 Å². The zero-order chi connectivity index (χ0) is 20.9. The summed E-state index contributed by atoms with van der Waals surface area (Å²) < 4.78 is 14.8. The molecule has 0 aromatic heterocycles.